The molecule has 2 fully saturated rings. The molecule has 1 saturated heterocycles. The number of nitrogens with two attached hydrogens (primary N) is 1. The first-order valence-corrected chi connectivity index (χ1v) is 13.4. The van der Waals surface area contributed by atoms with Crippen molar-refractivity contribution in [1.82, 2.24) is 4.90 Å². The highest BCUT2D eigenvalue weighted by Gasteiger charge is 2.57. The predicted molar refractivity (Wildman–Crippen MR) is 144 cm³/mol. The Balaban J connectivity index is 1.73. The number of carbonyl (C=O) groups excluding carboxylic acids is 3. The number of benzene rings is 3. The van der Waals surface area contributed by atoms with Gasteiger partial charge in [0.1, 0.15) is 11.9 Å². The molecular weight excluding hydrogens is 479 g/mol. The van der Waals surface area contributed by atoms with Gasteiger partial charge >= 0.3 is 0 Å². The van der Waals surface area contributed by atoms with Crippen LogP contribution in [0.1, 0.15) is 71.1 Å². The van der Waals surface area contributed by atoms with Crippen LogP contribution in [0.15, 0.2) is 78.9 Å². The van der Waals surface area contributed by atoms with E-state index >= 15 is 0 Å². The summed E-state index contributed by atoms with van der Waals surface area (Å²) in [5, 5.41) is 0. The van der Waals surface area contributed by atoms with E-state index in [1.165, 1.54) is 12.1 Å². The summed E-state index contributed by atoms with van der Waals surface area (Å²) in [5.74, 6) is -3.11. The molecule has 3 aromatic rings. The summed E-state index contributed by atoms with van der Waals surface area (Å²) in [6.45, 7) is 1.92. The van der Waals surface area contributed by atoms with E-state index in [1.807, 2.05) is 55.5 Å². The minimum absolute atomic E-state index is 0.131. The summed E-state index contributed by atoms with van der Waals surface area (Å²) in [6.07, 6.45) is 4.49. The van der Waals surface area contributed by atoms with Gasteiger partial charge in [-0.15, -0.1) is 0 Å². The number of halogens is 1. The summed E-state index contributed by atoms with van der Waals surface area (Å²) in [7, 11) is 0. The van der Waals surface area contributed by atoms with Crippen LogP contribution < -0.4 is 5.73 Å². The van der Waals surface area contributed by atoms with Crippen molar-refractivity contribution in [3.8, 4) is 0 Å². The molecule has 5 nitrogen and oxygen atoms in total. The highest BCUT2D eigenvalue weighted by molar-refractivity contribution is 6.02. The van der Waals surface area contributed by atoms with Crippen molar-refractivity contribution in [3.05, 3.63) is 107 Å². The highest BCUT2D eigenvalue weighted by atomic mass is 19.1. The van der Waals surface area contributed by atoms with E-state index in [0.29, 0.717) is 11.1 Å². The Morgan fingerprint density at radius 2 is 1.53 bits per heavy atom. The first-order valence-electron chi connectivity index (χ1n) is 13.4. The van der Waals surface area contributed by atoms with Gasteiger partial charge in [-0.2, -0.15) is 0 Å². The van der Waals surface area contributed by atoms with Crippen molar-refractivity contribution in [3.63, 3.8) is 0 Å². The van der Waals surface area contributed by atoms with E-state index in [1.54, 1.807) is 23.1 Å². The fourth-order valence-electron chi connectivity index (χ4n) is 6.45. The first kappa shape index (κ1) is 25.8. The Morgan fingerprint density at radius 3 is 2.16 bits per heavy atom. The lowest BCUT2D eigenvalue weighted by Gasteiger charge is -2.35. The van der Waals surface area contributed by atoms with E-state index in [-0.39, 0.29) is 17.6 Å². The molecule has 3 aromatic carbocycles. The van der Waals surface area contributed by atoms with Crippen LogP contribution in [0.2, 0.25) is 0 Å². The van der Waals surface area contributed by atoms with Crippen molar-refractivity contribution in [1.29, 1.82) is 0 Å². The van der Waals surface area contributed by atoms with Crippen molar-refractivity contribution < 1.29 is 18.8 Å². The maximum absolute atomic E-state index is 14.4. The lowest BCUT2D eigenvalue weighted by Crippen LogP contribution is -2.49. The number of ketones is 1. The Hall–Kier alpha value is -3.80. The number of amides is 2. The van der Waals surface area contributed by atoms with Crippen LogP contribution in [-0.4, -0.2) is 28.5 Å². The molecule has 38 heavy (non-hydrogen) atoms. The van der Waals surface area contributed by atoms with Gasteiger partial charge in [0.2, 0.25) is 11.8 Å². The number of Topliss-reactive ketones (excluding diaryl/α,β-unsaturated/α-hetero) is 1. The third-order valence-electron chi connectivity index (χ3n) is 8.17. The van der Waals surface area contributed by atoms with Gasteiger partial charge in [-0.3, -0.25) is 14.4 Å². The molecular formula is C32H33FN2O3. The van der Waals surface area contributed by atoms with Gasteiger partial charge in [0.25, 0.3) is 0 Å². The van der Waals surface area contributed by atoms with Crippen molar-refractivity contribution in [2.45, 2.75) is 57.0 Å². The minimum atomic E-state index is -1.04. The number of rotatable bonds is 6. The summed E-state index contributed by atoms with van der Waals surface area (Å²) in [6, 6.07) is 20.9. The molecule has 2 aliphatic rings. The second-order valence-corrected chi connectivity index (χ2v) is 10.6. The number of hydrogen-bond acceptors (Lipinski definition) is 3. The zero-order valence-electron chi connectivity index (χ0n) is 21.6. The zero-order valence-corrected chi connectivity index (χ0v) is 21.6. The molecule has 6 heteroatoms. The van der Waals surface area contributed by atoms with Crippen LogP contribution in [0.25, 0.3) is 0 Å². The molecule has 1 heterocycles. The monoisotopic (exact) mass is 512 g/mol. The number of hydrogen-bond donors (Lipinski definition) is 1. The van der Waals surface area contributed by atoms with Crippen LogP contribution in [0.3, 0.4) is 0 Å². The summed E-state index contributed by atoms with van der Waals surface area (Å²) in [4.78, 5) is 43.5. The van der Waals surface area contributed by atoms with E-state index in [4.69, 9.17) is 5.73 Å². The topological polar surface area (TPSA) is 80.5 Å². The Kier molecular flexibility index (Phi) is 7.41. The lowest BCUT2D eigenvalue weighted by molar-refractivity contribution is -0.144. The third kappa shape index (κ3) is 4.87. The largest absolute Gasteiger partial charge is 0.368 e. The molecule has 0 aromatic heterocycles. The molecule has 0 spiro atoms. The average molecular weight is 513 g/mol. The van der Waals surface area contributed by atoms with Crippen molar-refractivity contribution >= 4 is 17.6 Å². The molecule has 0 bridgehead atoms. The third-order valence-corrected chi connectivity index (χ3v) is 8.17. The van der Waals surface area contributed by atoms with Gasteiger partial charge in [-0.25, -0.2) is 4.39 Å². The molecule has 2 amide bonds. The van der Waals surface area contributed by atoms with Crippen LogP contribution in [-0.2, 0) is 9.59 Å². The quantitative estimate of drug-likeness (QED) is 0.428. The van der Waals surface area contributed by atoms with E-state index in [9.17, 15) is 18.8 Å². The first-order chi connectivity index (χ1) is 18.4. The average Bonchev–Trinajstić information content (AvgIpc) is 3.30. The number of carbonyl (C=O) groups is 3. The fraction of sp³-hybridized carbons (Fsp3) is 0.344. The second kappa shape index (κ2) is 10.9. The summed E-state index contributed by atoms with van der Waals surface area (Å²) < 4.78 is 14.0. The van der Waals surface area contributed by atoms with Crippen LogP contribution in [0.4, 0.5) is 4.39 Å². The molecule has 4 unspecified atom stereocenters. The van der Waals surface area contributed by atoms with Gasteiger partial charge in [-0.05, 0) is 49.1 Å². The summed E-state index contributed by atoms with van der Waals surface area (Å²) >= 11 is 0. The highest BCUT2D eigenvalue weighted by Crippen LogP contribution is 2.52. The Labute approximate surface area is 222 Å². The number of likely N-dealkylation sites (tertiary alicyclic amines) is 1. The van der Waals surface area contributed by atoms with Gasteiger partial charge in [0, 0.05) is 17.4 Å². The van der Waals surface area contributed by atoms with Crippen LogP contribution in [0.5, 0.6) is 0 Å². The maximum atomic E-state index is 14.4. The molecule has 1 saturated carbocycles. The smallest absolute Gasteiger partial charge is 0.240 e. The molecule has 5 rings (SSSR count). The standard InChI is InChI=1S/C32H33FN2O3/c1-20-9-8-14-24(19-20)30(36)27-26(21-15-17-25(33)18-16-21)29(31(34)37)35(28(27)22-10-4-2-5-11-22)32(38)23-12-6-3-7-13-23/h2,4-5,8-11,14-19,23,26-29H,3,6-7,12-13H2,1H3,(H2,34,37). The van der Waals surface area contributed by atoms with E-state index in [2.05, 4.69) is 0 Å². The molecule has 0 radical (unpaired) electrons. The zero-order chi connectivity index (χ0) is 26.8. The molecule has 1 aliphatic heterocycles. The van der Waals surface area contributed by atoms with Gasteiger partial charge in [0.15, 0.2) is 5.78 Å². The maximum Gasteiger partial charge on any atom is 0.240 e. The molecule has 1 aliphatic carbocycles. The van der Waals surface area contributed by atoms with Crippen molar-refractivity contribution in [2.24, 2.45) is 17.6 Å². The lowest BCUT2D eigenvalue weighted by atomic mass is 9.76. The molecule has 196 valence electrons. The van der Waals surface area contributed by atoms with Crippen LogP contribution >= 0.6 is 0 Å². The Bertz CT molecular complexity index is 1320. The summed E-state index contributed by atoms with van der Waals surface area (Å²) in [5.41, 5.74) is 8.90. The van der Waals surface area contributed by atoms with Gasteiger partial charge < -0.3 is 10.6 Å². The minimum Gasteiger partial charge on any atom is -0.368 e. The van der Waals surface area contributed by atoms with Crippen LogP contribution in [0, 0.1) is 24.6 Å². The molecule has 4 atom stereocenters. The van der Waals surface area contributed by atoms with Gasteiger partial charge in [-0.1, -0.05) is 85.5 Å². The Morgan fingerprint density at radius 1 is 0.842 bits per heavy atom. The second-order valence-electron chi connectivity index (χ2n) is 10.6. The SMILES string of the molecule is Cc1cccc(C(=O)C2C(c3ccc(F)cc3)C(C(N)=O)N(C(=O)C3CCCCC3)C2c2ccccc2)c1. The normalized spacial score (nSPS) is 23.8. The number of primary amides is 1. The number of nitrogens with zero attached hydrogens (tertiary/aromatic N) is 1. The predicted octanol–water partition coefficient (Wildman–Crippen LogP) is 5.73. The fourth-order valence-corrected chi connectivity index (χ4v) is 6.45. The van der Waals surface area contributed by atoms with Gasteiger partial charge in [0.05, 0.1) is 12.0 Å². The molecule has 2 N–H and O–H groups in total. The number of aryl methyl sites for hydroxylation is 1. The van der Waals surface area contributed by atoms with E-state index < -0.39 is 35.6 Å². The van der Waals surface area contributed by atoms with E-state index in [0.717, 1.165) is 43.2 Å². The van der Waals surface area contributed by atoms with Crippen molar-refractivity contribution in [2.75, 3.05) is 0 Å².